The molecular weight excluding hydrogens is 324 g/mol. The van der Waals surface area contributed by atoms with Crippen LogP contribution in [-0.2, 0) is 9.53 Å². The van der Waals surface area contributed by atoms with Crippen molar-refractivity contribution < 1.29 is 18.7 Å². The van der Waals surface area contributed by atoms with Crippen molar-refractivity contribution in [3.05, 3.63) is 24.3 Å². The summed E-state index contributed by atoms with van der Waals surface area (Å²) in [6, 6.07) is 7.37. The maximum Gasteiger partial charge on any atom is 0.322 e. The first-order chi connectivity index (χ1) is 12.2. The Morgan fingerprint density at radius 1 is 1.24 bits per heavy atom. The second kappa shape index (κ2) is 8.59. The summed E-state index contributed by atoms with van der Waals surface area (Å²) in [4.78, 5) is 14.3. The fraction of sp³-hybridized carbons (Fsp3) is 0.471. The van der Waals surface area contributed by atoms with Crippen LogP contribution in [0.5, 0.6) is 5.75 Å². The molecule has 1 aromatic carbocycles. The van der Waals surface area contributed by atoms with E-state index in [-0.39, 0.29) is 11.9 Å². The van der Waals surface area contributed by atoms with Gasteiger partial charge in [0, 0.05) is 25.1 Å². The predicted octanol–water partition coefficient (Wildman–Crippen LogP) is 1.80. The number of hydrogen-bond donors (Lipinski definition) is 1. The number of carbonyl (C=O) groups is 1. The molecule has 1 saturated heterocycles. The molecule has 1 aromatic heterocycles. The molecule has 0 spiro atoms. The highest BCUT2D eigenvalue weighted by Gasteiger charge is 2.13. The Hall–Kier alpha value is -2.45. The van der Waals surface area contributed by atoms with Crippen molar-refractivity contribution in [2.24, 2.45) is 0 Å². The maximum absolute atomic E-state index is 12.0. The van der Waals surface area contributed by atoms with E-state index in [2.05, 4.69) is 20.4 Å². The Balaban J connectivity index is 1.46. The number of amides is 1. The highest BCUT2D eigenvalue weighted by atomic mass is 16.5. The minimum Gasteiger partial charge on any atom is -0.497 e. The minimum absolute atomic E-state index is 0.113. The van der Waals surface area contributed by atoms with E-state index in [1.807, 2.05) is 24.3 Å². The molecule has 0 aliphatic carbocycles. The quantitative estimate of drug-likeness (QED) is 0.817. The van der Waals surface area contributed by atoms with Crippen molar-refractivity contribution >= 4 is 11.9 Å². The Kier molecular flexibility index (Phi) is 5.97. The molecule has 8 heteroatoms. The molecule has 1 amide bonds. The Morgan fingerprint density at radius 2 is 2.00 bits per heavy atom. The van der Waals surface area contributed by atoms with Crippen molar-refractivity contribution in [1.82, 2.24) is 15.1 Å². The number of ether oxygens (including phenoxy) is 2. The second-order valence-corrected chi connectivity index (χ2v) is 5.75. The maximum atomic E-state index is 12.0. The van der Waals surface area contributed by atoms with Gasteiger partial charge in [0.1, 0.15) is 5.75 Å². The molecule has 3 rings (SSSR count). The molecular formula is C17H22N4O4. The monoisotopic (exact) mass is 346 g/mol. The number of nitrogens with zero attached hydrogens (tertiary/aromatic N) is 3. The van der Waals surface area contributed by atoms with Crippen molar-refractivity contribution in [3.63, 3.8) is 0 Å². The molecule has 25 heavy (non-hydrogen) atoms. The summed E-state index contributed by atoms with van der Waals surface area (Å²) >= 11 is 0. The van der Waals surface area contributed by atoms with Crippen LogP contribution in [0, 0.1) is 0 Å². The van der Waals surface area contributed by atoms with Gasteiger partial charge in [-0.2, -0.15) is 0 Å². The number of nitrogens with one attached hydrogen (secondary N) is 1. The van der Waals surface area contributed by atoms with E-state index < -0.39 is 0 Å². The summed E-state index contributed by atoms with van der Waals surface area (Å²) in [5.41, 5.74) is 0.765. The zero-order valence-electron chi connectivity index (χ0n) is 14.2. The number of aromatic nitrogens is 2. The van der Waals surface area contributed by atoms with Crippen LogP contribution in [0.4, 0.5) is 6.01 Å². The van der Waals surface area contributed by atoms with Crippen LogP contribution in [0.3, 0.4) is 0 Å². The normalized spacial score (nSPS) is 15.1. The van der Waals surface area contributed by atoms with E-state index >= 15 is 0 Å². The number of methoxy groups -OCH3 is 1. The third kappa shape index (κ3) is 5.01. The molecule has 0 saturated carbocycles. The van der Waals surface area contributed by atoms with E-state index in [0.29, 0.717) is 12.3 Å². The van der Waals surface area contributed by atoms with Crippen LogP contribution < -0.4 is 10.1 Å². The number of morpholine rings is 1. The first-order valence-corrected chi connectivity index (χ1v) is 8.32. The average molecular weight is 346 g/mol. The second-order valence-electron chi connectivity index (χ2n) is 5.75. The molecule has 1 fully saturated rings. The van der Waals surface area contributed by atoms with Gasteiger partial charge in [-0.05, 0) is 37.2 Å². The Labute approximate surface area is 146 Å². The number of rotatable bonds is 7. The van der Waals surface area contributed by atoms with Crippen LogP contribution in [0.2, 0.25) is 0 Å². The van der Waals surface area contributed by atoms with Gasteiger partial charge >= 0.3 is 6.01 Å². The lowest BCUT2D eigenvalue weighted by Crippen LogP contribution is -2.37. The Bertz CT molecular complexity index is 680. The van der Waals surface area contributed by atoms with Crippen molar-refractivity contribution in [2.45, 2.75) is 12.8 Å². The van der Waals surface area contributed by atoms with Gasteiger partial charge in [-0.3, -0.25) is 15.0 Å². The summed E-state index contributed by atoms with van der Waals surface area (Å²) in [5.74, 6) is 0.974. The van der Waals surface area contributed by atoms with Gasteiger partial charge in [-0.15, -0.1) is 5.10 Å². The van der Waals surface area contributed by atoms with E-state index in [4.69, 9.17) is 13.9 Å². The third-order valence-electron chi connectivity index (χ3n) is 3.99. The fourth-order valence-corrected chi connectivity index (χ4v) is 2.59. The third-order valence-corrected chi connectivity index (χ3v) is 3.99. The summed E-state index contributed by atoms with van der Waals surface area (Å²) in [7, 11) is 1.61. The number of benzene rings is 1. The molecule has 0 bridgehead atoms. The van der Waals surface area contributed by atoms with Crippen molar-refractivity contribution in [1.29, 1.82) is 0 Å². The molecule has 0 unspecified atom stereocenters. The summed E-state index contributed by atoms with van der Waals surface area (Å²) < 4.78 is 15.9. The molecule has 134 valence electrons. The van der Waals surface area contributed by atoms with E-state index in [1.54, 1.807) is 7.11 Å². The van der Waals surface area contributed by atoms with Gasteiger partial charge in [-0.1, -0.05) is 5.10 Å². The predicted molar refractivity (Wildman–Crippen MR) is 91.4 cm³/mol. The first-order valence-electron chi connectivity index (χ1n) is 8.32. The molecule has 1 N–H and O–H groups in total. The van der Waals surface area contributed by atoms with Crippen LogP contribution in [0.25, 0.3) is 11.5 Å². The molecule has 2 aromatic rings. The number of hydrogen-bond acceptors (Lipinski definition) is 7. The van der Waals surface area contributed by atoms with Gasteiger partial charge in [0.15, 0.2) is 0 Å². The summed E-state index contributed by atoms with van der Waals surface area (Å²) in [6.07, 6.45) is 1.20. The highest BCUT2D eigenvalue weighted by molar-refractivity contribution is 5.88. The van der Waals surface area contributed by atoms with Crippen molar-refractivity contribution in [3.8, 4) is 17.2 Å². The molecule has 0 atom stereocenters. The van der Waals surface area contributed by atoms with Crippen molar-refractivity contribution in [2.75, 3.05) is 45.3 Å². The molecule has 8 nitrogen and oxygen atoms in total. The molecule has 1 aliphatic heterocycles. The van der Waals surface area contributed by atoms with E-state index in [1.165, 1.54) is 0 Å². The zero-order chi connectivity index (χ0) is 17.5. The summed E-state index contributed by atoms with van der Waals surface area (Å²) in [6.45, 7) is 4.27. The van der Waals surface area contributed by atoms with Gasteiger partial charge in [0.2, 0.25) is 11.8 Å². The fourth-order valence-electron chi connectivity index (χ4n) is 2.59. The number of carbonyl (C=O) groups excluding carboxylic acids is 1. The van der Waals surface area contributed by atoms with E-state index in [0.717, 1.165) is 50.6 Å². The van der Waals surface area contributed by atoms with Gasteiger partial charge in [0.05, 0.1) is 20.3 Å². The van der Waals surface area contributed by atoms with Crippen LogP contribution in [-0.4, -0.2) is 61.0 Å². The van der Waals surface area contributed by atoms with Gasteiger partial charge in [0.25, 0.3) is 0 Å². The lowest BCUT2D eigenvalue weighted by molar-refractivity contribution is -0.116. The average Bonchev–Trinajstić information content (AvgIpc) is 3.11. The number of anilines is 1. The lowest BCUT2D eigenvalue weighted by atomic mass is 10.2. The topological polar surface area (TPSA) is 89.7 Å². The summed E-state index contributed by atoms with van der Waals surface area (Å²) in [5, 5.41) is 10.5. The smallest absolute Gasteiger partial charge is 0.322 e. The molecule has 1 aliphatic rings. The van der Waals surface area contributed by atoms with Crippen LogP contribution in [0.1, 0.15) is 12.8 Å². The minimum atomic E-state index is -0.127. The van der Waals surface area contributed by atoms with Crippen LogP contribution in [0.15, 0.2) is 28.7 Å². The zero-order valence-corrected chi connectivity index (χ0v) is 14.2. The molecule has 2 heterocycles. The Morgan fingerprint density at radius 3 is 2.72 bits per heavy atom. The van der Waals surface area contributed by atoms with Gasteiger partial charge in [-0.25, -0.2) is 0 Å². The largest absolute Gasteiger partial charge is 0.497 e. The SMILES string of the molecule is COc1ccc(-c2nnc(NC(=O)CCCN3CCOCC3)o2)cc1. The van der Waals surface area contributed by atoms with Gasteiger partial charge < -0.3 is 13.9 Å². The molecule has 0 radical (unpaired) electrons. The standard InChI is InChI=1S/C17H22N4O4/c1-23-14-6-4-13(5-7-14)16-19-20-17(25-16)18-15(22)3-2-8-21-9-11-24-12-10-21/h4-7H,2-3,8-12H2,1H3,(H,18,20,22). The van der Waals surface area contributed by atoms with Crippen LogP contribution >= 0.6 is 0 Å². The first kappa shape index (κ1) is 17.4. The van der Waals surface area contributed by atoms with E-state index in [9.17, 15) is 4.79 Å². The highest BCUT2D eigenvalue weighted by Crippen LogP contribution is 2.22. The lowest BCUT2D eigenvalue weighted by Gasteiger charge is -2.26.